The Balaban J connectivity index is 0.000000294. The van der Waals surface area contributed by atoms with Crippen molar-refractivity contribution in [2.24, 2.45) is 0 Å². The Labute approximate surface area is 313 Å². The molecule has 4 heteroatoms. The fourth-order valence-corrected chi connectivity index (χ4v) is 6.39. The molecule has 0 bridgehead atoms. The van der Waals surface area contributed by atoms with Gasteiger partial charge >= 0.3 is 26.8 Å². The third-order valence-corrected chi connectivity index (χ3v) is 8.60. The van der Waals surface area contributed by atoms with Gasteiger partial charge in [0.05, 0.1) is 0 Å². The van der Waals surface area contributed by atoms with Crippen molar-refractivity contribution >= 4 is 75.5 Å². The summed E-state index contributed by atoms with van der Waals surface area (Å²) >= 11 is 1.81. The molecular weight excluding hydrogens is 675 g/mol. The predicted octanol–water partition coefficient (Wildman–Crippen LogP) is 13.2. The van der Waals surface area contributed by atoms with E-state index < -0.39 is 0 Å². The summed E-state index contributed by atoms with van der Waals surface area (Å²) in [6.07, 6.45) is 2.17. The molecule has 0 unspecified atom stereocenters. The van der Waals surface area contributed by atoms with Gasteiger partial charge in [0.25, 0.3) is 0 Å². The summed E-state index contributed by atoms with van der Waals surface area (Å²) in [4.78, 5) is 0. The number of aryl methyl sites for hydroxylation is 2. The van der Waals surface area contributed by atoms with Crippen LogP contribution >= 0.6 is 24.8 Å². The molecule has 0 heterocycles. The van der Waals surface area contributed by atoms with Crippen LogP contribution in [0, 0.1) is 14.9 Å². The molecule has 244 valence electrons. The van der Waals surface area contributed by atoms with Crippen LogP contribution in [0.5, 0.6) is 0 Å². The van der Waals surface area contributed by atoms with Crippen LogP contribution in [0.2, 0.25) is 0 Å². The Morgan fingerprint density at radius 2 is 0.750 bits per heavy atom. The molecule has 0 aromatic heterocycles. The fourth-order valence-electron chi connectivity index (χ4n) is 6.39. The number of benzene rings is 6. The van der Waals surface area contributed by atoms with Crippen molar-refractivity contribution < 1.29 is 19.2 Å². The van der Waals surface area contributed by atoms with Crippen LogP contribution in [-0.2, 0) is 32.0 Å². The Morgan fingerprint density at radius 3 is 1.12 bits per heavy atom. The van der Waals surface area contributed by atoms with Crippen LogP contribution in [0.25, 0.3) is 65.3 Å². The van der Waals surface area contributed by atoms with E-state index in [1.165, 1.54) is 76.5 Å². The Morgan fingerprint density at radius 1 is 0.438 bits per heavy atom. The minimum absolute atomic E-state index is 0. The van der Waals surface area contributed by atoms with Crippen LogP contribution in [-0.4, -0.2) is 7.63 Å². The van der Waals surface area contributed by atoms with Crippen molar-refractivity contribution in [1.82, 2.24) is 0 Å². The molecule has 2 radical (unpaired) electrons. The second kappa shape index (κ2) is 18.9. The van der Waals surface area contributed by atoms with E-state index in [1.807, 2.05) is 0 Å². The van der Waals surface area contributed by atoms with Crippen molar-refractivity contribution in [2.75, 3.05) is 0 Å². The summed E-state index contributed by atoms with van der Waals surface area (Å²) in [5.74, 6) is 0. The van der Waals surface area contributed by atoms with Gasteiger partial charge in [-0.3, -0.25) is 0 Å². The fraction of sp³-hybridized carbons (Fsp3) is 0.0909. The average Bonchev–Trinajstić information content (AvgIpc) is 3.73. The van der Waals surface area contributed by atoms with E-state index in [9.17, 15) is 0 Å². The first-order valence-electron chi connectivity index (χ1n) is 15.3. The van der Waals surface area contributed by atoms with Crippen LogP contribution in [0.3, 0.4) is 0 Å². The molecule has 8 rings (SSSR count). The standard InChI is InChI=1S/2C21H17.2CH3.2ClH.Si.Ti/c2*1-2-15-13-17-9-6-12-20(21(17)14-15)19-11-5-8-16-7-3-4-10-18(16)19;;;;;;/h2*3-14H,2H2,1H3;2*1H3;2*1H;;/q4*-1;;;;. The molecule has 0 amide bonds. The molecule has 0 fully saturated rings. The first-order chi connectivity index (χ1) is 21.7. The summed E-state index contributed by atoms with van der Waals surface area (Å²) in [5, 5.41) is 10.7. The predicted molar refractivity (Wildman–Crippen MR) is 217 cm³/mol. The van der Waals surface area contributed by atoms with Crippen LogP contribution < -0.4 is 0 Å². The zero-order valence-corrected chi connectivity index (χ0v) is 32.3. The molecule has 0 aliphatic heterocycles. The van der Waals surface area contributed by atoms with Crippen molar-refractivity contribution in [1.29, 1.82) is 0 Å². The van der Waals surface area contributed by atoms with Gasteiger partial charge in [-0.05, 0) is 45.5 Å². The maximum absolute atomic E-state index is 2.97. The Kier molecular flexibility index (Phi) is 16.1. The molecule has 0 nitrogen and oxygen atoms in total. The van der Waals surface area contributed by atoms with E-state index in [-0.39, 0.29) is 39.7 Å². The van der Waals surface area contributed by atoms with Gasteiger partial charge in [0.15, 0.2) is 0 Å². The SMILES string of the molecule is CCc1cc2c(-c3cccc4ccccc34)cccc2[cH-]1.CCc1cc2c(-c3cccc4ccccc34)cccc2[cH-]1.Cl.Cl.[CH3-].[CH3-].[Si]=[Ti]. The number of rotatable bonds is 4. The molecule has 0 saturated carbocycles. The van der Waals surface area contributed by atoms with Gasteiger partial charge in [-0.1, -0.05) is 122 Å². The van der Waals surface area contributed by atoms with Gasteiger partial charge in [-0.2, -0.15) is 12.1 Å². The number of hydrogen-bond acceptors (Lipinski definition) is 0. The summed E-state index contributed by atoms with van der Waals surface area (Å²) in [6, 6.07) is 52.9. The van der Waals surface area contributed by atoms with Crippen LogP contribution in [0.15, 0.2) is 146 Å². The van der Waals surface area contributed by atoms with E-state index in [4.69, 9.17) is 0 Å². The quantitative estimate of drug-likeness (QED) is 0.126. The average molecular weight is 718 g/mol. The van der Waals surface area contributed by atoms with E-state index >= 15 is 0 Å². The number of hydrogen-bond donors (Lipinski definition) is 0. The van der Waals surface area contributed by atoms with Crippen LogP contribution in [0.1, 0.15) is 25.0 Å². The Bertz CT molecular complexity index is 2040. The Hall–Kier alpha value is -3.43. The van der Waals surface area contributed by atoms with Crippen molar-refractivity contribution in [2.45, 2.75) is 26.7 Å². The molecule has 0 atom stereocenters. The van der Waals surface area contributed by atoms with Crippen molar-refractivity contribution in [3.63, 3.8) is 0 Å². The second-order valence-corrected chi connectivity index (χ2v) is 11.1. The van der Waals surface area contributed by atoms with Crippen molar-refractivity contribution in [3.05, 3.63) is 172 Å². The minimum atomic E-state index is 0. The molecule has 8 aromatic carbocycles. The van der Waals surface area contributed by atoms with Gasteiger partial charge in [-0.15, -0.1) is 93.9 Å². The zero-order valence-electron chi connectivity index (χ0n) is 28.1. The monoisotopic (exact) mass is 716 g/mol. The normalized spacial score (nSPS) is 9.94. The second-order valence-electron chi connectivity index (χ2n) is 11.1. The topological polar surface area (TPSA) is 0 Å². The zero-order chi connectivity index (χ0) is 30.5. The van der Waals surface area contributed by atoms with E-state index in [1.54, 1.807) is 19.2 Å². The van der Waals surface area contributed by atoms with Gasteiger partial charge in [0, 0.05) is 0 Å². The number of fused-ring (bicyclic) bond motifs is 4. The third-order valence-electron chi connectivity index (χ3n) is 8.60. The molecule has 8 aromatic rings. The molecule has 0 saturated heterocycles. The van der Waals surface area contributed by atoms with Gasteiger partial charge in [-0.25, -0.2) is 0 Å². The first-order valence-corrected chi connectivity index (χ1v) is 18.2. The van der Waals surface area contributed by atoms with Crippen LogP contribution in [0.4, 0.5) is 0 Å². The first kappa shape index (κ1) is 40.7. The summed E-state index contributed by atoms with van der Waals surface area (Å²) in [6.45, 7) is 4.43. The van der Waals surface area contributed by atoms with E-state index in [0.29, 0.717) is 0 Å². The van der Waals surface area contributed by atoms with Gasteiger partial charge in [0.2, 0.25) is 0 Å². The summed E-state index contributed by atoms with van der Waals surface area (Å²) in [5.41, 5.74) is 8.15. The molecule has 0 aliphatic rings. The number of halogens is 2. The summed E-state index contributed by atoms with van der Waals surface area (Å²) < 4.78 is 0. The molecule has 0 spiro atoms. The van der Waals surface area contributed by atoms with E-state index in [0.717, 1.165) is 12.8 Å². The maximum atomic E-state index is 2.97. The van der Waals surface area contributed by atoms with Gasteiger partial charge < -0.3 is 14.9 Å². The molecular formula is C44H42Cl2SiTi-4. The van der Waals surface area contributed by atoms with Gasteiger partial charge in [0.1, 0.15) is 0 Å². The van der Waals surface area contributed by atoms with E-state index in [2.05, 4.69) is 167 Å². The molecule has 0 aliphatic carbocycles. The third kappa shape index (κ3) is 8.23. The van der Waals surface area contributed by atoms with Crippen molar-refractivity contribution in [3.8, 4) is 22.3 Å². The molecule has 48 heavy (non-hydrogen) atoms. The molecule has 0 N–H and O–H groups in total. The summed E-state index contributed by atoms with van der Waals surface area (Å²) in [7, 11) is 2.97.